The molecule has 0 rings (SSSR count). The smallest absolute Gasteiger partial charge is 0.143 e. The second-order valence-corrected chi connectivity index (χ2v) is 2.83. The van der Waals surface area contributed by atoms with Crippen LogP contribution in [0, 0.1) is 0 Å². The van der Waals surface area contributed by atoms with E-state index in [-0.39, 0.29) is 11.5 Å². The average molecular weight is 136 g/mol. The molecule has 0 aliphatic heterocycles. The lowest BCUT2D eigenvalue weighted by Gasteiger charge is -1.95. The molecule has 0 amide bonds. The molecule has 0 aromatic rings. The minimum Gasteiger partial charge on any atom is -0.299 e. The summed E-state index contributed by atoms with van der Waals surface area (Å²) in [5.41, 5.74) is -0.918. The molecule has 0 aromatic heterocycles. The van der Waals surface area contributed by atoms with Crippen molar-refractivity contribution in [3.63, 3.8) is 0 Å². The topological polar surface area (TPSA) is 17.1 Å². The predicted molar refractivity (Wildman–Crippen MR) is 33.7 cm³/mol. The van der Waals surface area contributed by atoms with Crippen molar-refractivity contribution < 1.29 is 9.18 Å². The summed E-state index contributed by atoms with van der Waals surface area (Å²) >= 11 is 1.02. The Balaban J connectivity index is 3.05. The minimum atomic E-state index is -0.918. The summed E-state index contributed by atoms with van der Waals surface area (Å²) in [6, 6.07) is 0. The van der Waals surface area contributed by atoms with Crippen molar-refractivity contribution in [3.8, 4) is 0 Å². The third-order valence-electron chi connectivity index (χ3n) is 0.516. The highest BCUT2D eigenvalue weighted by Crippen LogP contribution is 2.09. The molecule has 1 unspecified atom stereocenters. The number of carbonyl (C=O) groups is 1. The Morgan fingerprint density at radius 1 is 1.88 bits per heavy atom. The molecule has 1 atom stereocenters. The van der Waals surface area contributed by atoms with Crippen molar-refractivity contribution in [2.75, 3.05) is 5.75 Å². The second kappa shape index (κ2) is 3.89. The Bertz CT molecular complexity index is 82.5. The van der Waals surface area contributed by atoms with Crippen LogP contribution >= 0.6 is 11.8 Å². The van der Waals surface area contributed by atoms with Crippen LogP contribution in [-0.4, -0.2) is 17.0 Å². The van der Waals surface area contributed by atoms with Crippen molar-refractivity contribution in [2.45, 2.75) is 19.4 Å². The third-order valence-corrected chi connectivity index (χ3v) is 1.55. The number of Topliss-reactive ketones (excluding diaryl/α,β-unsaturated/α-hetero) is 1. The van der Waals surface area contributed by atoms with E-state index < -0.39 is 5.50 Å². The SMILES string of the molecule is CC(=O)CSC(C)F. The molecule has 48 valence electrons. The van der Waals surface area contributed by atoms with Gasteiger partial charge in [0.15, 0.2) is 0 Å². The normalized spacial score (nSPS) is 13.4. The molecule has 0 bridgehead atoms. The van der Waals surface area contributed by atoms with E-state index in [1.165, 1.54) is 13.8 Å². The molecule has 0 N–H and O–H groups in total. The Hall–Kier alpha value is -0.0500. The van der Waals surface area contributed by atoms with Gasteiger partial charge in [-0.1, -0.05) is 0 Å². The summed E-state index contributed by atoms with van der Waals surface area (Å²) in [7, 11) is 0. The Kier molecular flexibility index (Phi) is 3.87. The molecule has 0 radical (unpaired) electrons. The molecule has 0 spiro atoms. The highest BCUT2D eigenvalue weighted by molar-refractivity contribution is 8.00. The summed E-state index contributed by atoms with van der Waals surface area (Å²) in [4.78, 5) is 10.2. The van der Waals surface area contributed by atoms with E-state index in [1.54, 1.807) is 0 Å². The minimum absolute atomic E-state index is 0.0273. The summed E-state index contributed by atoms with van der Waals surface area (Å²) in [5.74, 6) is 0.317. The van der Waals surface area contributed by atoms with Crippen LogP contribution in [0.25, 0.3) is 0 Å². The summed E-state index contributed by atoms with van der Waals surface area (Å²) in [5, 5.41) is 0. The third kappa shape index (κ3) is 5.95. The maximum Gasteiger partial charge on any atom is 0.143 e. The number of ketones is 1. The van der Waals surface area contributed by atoms with E-state index in [4.69, 9.17) is 0 Å². The number of hydrogen-bond donors (Lipinski definition) is 0. The van der Waals surface area contributed by atoms with Crippen LogP contribution in [0.15, 0.2) is 0 Å². The lowest BCUT2D eigenvalue weighted by atomic mass is 10.5. The lowest BCUT2D eigenvalue weighted by Crippen LogP contribution is -1.96. The lowest BCUT2D eigenvalue weighted by molar-refractivity contribution is -0.114. The summed E-state index contributed by atoms with van der Waals surface area (Å²) in [6.07, 6.45) is 0. The van der Waals surface area contributed by atoms with Gasteiger partial charge in [-0.2, -0.15) is 0 Å². The molecule has 0 saturated heterocycles. The van der Waals surface area contributed by atoms with Gasteiger partial charge in [0, 0.05) is 0 Å². The zero-order chi connectivity index (χ0) is 6.57. The first kappa shape index (κ1) is 7.95. The fourth-order valence-electron chi connectivity index (χ4n) is 0.232. The highest BCUT2D eigenvalue weighted by atomic mass is 32.2. The number of hydrogen-bond acceptors (Lipinski definition) is 2. The van der Waals surface area contributed by atoms with Crippen LogP contribution in [0.1, 0.15) is 13.8 Å². The molecule has 0 aliphatic carbocycles. The van der Waals surface area contributed by atoms with Crippen molar-refractivity contribution in [3.05, 3.63) is 0 Å². The van der Waals surface area contributed by atoms with Gasteiger partial charge in [-0.3, -0.25) is 4.79 Å². The number of carbonyl (C=O) groups excluding carboxylic acids is 1. The number of rotatable bonds is 3. The van der Waals surface area contributed by atoms with Gasteiger partial charge in [-0.15, -0.1) is 11.8 Å². The van der Waals surface area contributed by atoms with Gasteiger partial charge in [0.2, 0.25) is 0 Å². The van der Waals surface area contributed by atoms with E-state index in [0.29, 0.717) is 0 Å². The summed E-state index contributed by atoms with van der Waals surface area (Å²) < 4.78 is 11.9. The molecule has 0 heterocycles. The van der Waals surface area contributed by atoms with E-state index in [1.807, 2.05) is 0 Å². The summed E-state index contributed by atoms with van der Waals surface area (Å²) in [6.45, 7) is 2.88. The Morgan fingerprint density at radius 2 is 2.38 bits per heavy atom. The van der Waals surface area contributed by atoms with Crippen LogP contribution in [0.5, 0.6) is 0 Å². The van der Waals surface area contributed by atoms with Crippen molar-refractivity contribution in [1.29, 1.82) is 0 Å². The fourth-order valence-corrected chi connectivity index (χ4v) is 0.697. The van der Waals surface area contributed by atoms with Gasteiger partial charge >= 0.3 is 0 Å². The first-order chi connectivity index (χ1) is 3.63. The molecule has 1 nitrogen and oxygen atoms in total. The van der Waals surface area contributed by atoms with Crippen molar-refractivity contribution >= 4 is 17.5 Å². The highest BCUT2D eigenvalue weighted by Gasteiger charge is 1.98. The first-order valence-electron chi connectivity index (χ1n) is 2.38. The zero-order valence-electron chi connectivity index (χ0n) is 4.98. The standard InChI is InChI=1S/C5H9FOS/c1-4(7)3-8-5(2)6/h5H,3H2,1-2H3. The molecule has 0 saturated carbocycles. The van der Waals surface area contributed by atoms with E-state index in [9.17, 15) is 9.18 Å². The number of thioether (sulfide) groups is 1. The van der Waals surface area contributed by atoms with E-state index >= 15 is 0 Å². The molecule has 0 aromatic carbocycles. The molecular weight excluding hydrogens is 127 g/mol. The molecule has 3 heteroatoms. The van der Waals surface area contributed by atoms with E-state index in [0.717, 1.165) is 11.8 Å². The largest absolute Gasteiger partial charge is 0.299 e. The second-order valence-electron chi connectivity index (χ2n) is 1.56. The van der Waals surface area contributed by atoms with E-state index in [2.05, 4.69) is 0 Å². The number of halogens is 1. The van der Waals surface area contributed by atoms with Crippen LogP contribution in [0.4, 0.5) is 4.39 Å². The first-order valence-corrected chi connectivity index (χ1v) is 3.43. The zero-order valence-corrected chi connectivity index (χ0v) is 5.80. The molecule has 0 aliphatic rings. The van der Waals surface area contributed by atoms with Crippen LogP contribution in [0.3, 0.4) is 0 Å². The molecule has 8 heavy (non-hydrogen) atoms. The maximum absolute atomic E-state index is 11.9. The average Bonchev–Trinajstić information content (AvgIpc) is 1.61. The monoisotopic (exact) mass is 136 g/mol. The predicted octanol–water partition coefficient (Wildman–Crippen LogP) is 1.62. The Labute approximate surface area is 52.6 Å². The van der Waals surface area contributed by atoms with Crippen LogP contribution < -0.4 is 0 Å². The van der Waals surface area contributed by atoms with Gasteiger partial charge in [0.05, 0.1) is 5.75 Å². The Morgan fingerprint density at radius 3 is 2.50 bits per heavy atom. The van der Waals surface area contributed by atoms with Gasteiger partial charge in [-0.05, 0) is 13.8 Å². The fraction of sp³-hybridized carbons (Fsp3) is 0.800. The van der Waals surface area contributed by atoms with Crippen molar-refractivity contribution in [2.24, 2.45) is 0 Å². The quantitative estimate of drug-likeness (QED) is 0.586. The van der Waals surface area contributed by atoms with Gasteiger partial charge in [0.25, 0.3) is 0 Å². The maximum atomic E-state index is 11.9. The van der Waals surface area contributed by atoms with Crippen LogP contribution in [0.2, 0.25) is 0 Å². The van der Waals surface area contributed by atoms with Gasteiger partial charge in [0.1, 0.15) is 11.3 Å². The van der Waals surface area contributed by atoms with Gasteiger partial charge in [-0.25, -0.2) is 4.39 Å². The molecule has 0 fully saturated rings. The van der Waals surface area contributed by atoms with Crippen LogP contribution in [-0.2, 0) is 4.79 Å². The van der Waals surface area contributed by atoms with Crippen molar-refractivity contribution in [1.82, 2.24) is 0 Å². The molecular formula is C5H9FOS. The van der Waals surface area contributed by atoms with Gasteiger partial charge < -0.3 is 0 Å². The number of alkyl halides is 1.